The van der Waals surface area contributed by atoms with E-state index in [2.05, 4.69) is 26.7 Å². The Morgan fingerprint density at radius 3 is 2.80 bits per heavy atom. The lowest BCUT2D eigenvalue weighted by Crippen LogP contribution is -2.38. The van der Waals surface area contributed by atoms with Crippen LogP contribution in [0.15, 0.2) is 4.34 Å². The summed E-state index contributed by atoms with van der Waals surface area (Å²) in [7, 11) is 0. The molecule has 0 spiro atoms. The van der Waals surface area contributed by atoms with E-state index in [1.165, 1.54) is 23.1 Å². The highest BCUT2D eigenvalue weighted by molar-refractivity contribution is 8.01. The van der Waals surface area contributed by atoms with Crippen molar-refractivity contribution in [3.05, 3.63) is 5.82 Å². The van der Waals surface area contributed by atoms with Crippen LogP contribution in [0.4, 0.5) is 4.79 Å². The third-order valence-corrected chi connectivity index (χ3v) is 5.32. The van der Waals surface area contributed by atoms with E-state index >= 15 is 0 Å². The Labute approximate surface area is 155 Å². The Kier molecular flexibility index (Phi) is 6.24. The Bertz CT molecular complexity index is 773. The van der Waals surface area contributed by atoms with Gasteiger partial charge in [0.15, 0.2) is 10.2 Å². The molecule has 2 aromatic rings. The SMILES string of the molecule is CCC(C)C(NC(=O)OC(C)(C)C)c1nnc2sc(SCC#N)nn12. The number of nitriles is 1. The van der Waals surface area contributed by atoms with E-state index in [-0.39, 0.29) is 12.0 Å². The number of alkyl carbamates (subject to hydrolysis) is 1. The molecule has 1 N–H and O–H groups in total. The summed E-state index contributed by atoms with van der Waals surface area (Å²) in [4.78, 5) is 12.9. The second kappa shape index (κ2) is 8.01. The van der Waals surface area contributed by atoms with Crippen molar-refractivity contribution in [2.75, 3.05) is 5.75 Å². The monoisotopic (exact) mass is 382 g/mol. The smallest absolute Gasteiger partial charge is 0.408 e. The third kappa shape index (κ3) is 5.06. The maximum Gasteiger partial charge on any atom is 0.408 e. The van der Waals surface area contributed by atoms with Crippen molar-refractivity contribution in [3.63, 3.8) is 0 Å². The van der Waals surface area contributed by atoms with E-state index in [0.29, 0.717) is 16.5 Å². The average molecular weight is 383 g/mol. The van der Waals surface area contributed by atoms with Gasteiger partial charge in [0.2, 0.25) is 4.96 Å². The topological polar surface area (TPSA) is 105 Å². The minimum atomic E-state index is -0.577. The molecule has 2 unspecified atom stereocenters. The van der Waals surface area contributed by atoms with Gasteiger partial charge in [-0.25, -0.2) is 4.79 Å². The predicted octanol–water partition coefficient (Wildman–Crippen LogP) is 3.41. The van der Waals surface area contributed by atoms with Crippen LogP contribution in [0.3, 0.4) is 0 Å². The molecule has 8 nitrogen and oxygen atoms in total. The fourth-order valence-electron chi connectivity index (χ4n) is 2.09. The van der Waals surface area contributed by atoms with Gasteiger partial charge in [-0.15, -0.1) is 15.3 Å². The average Bonchev–Trinajstić information content (AvgIpc) is 3.08. The highest BCUT2D eigenvalue weighted by atomic mass is 32.2. The number of aromatic nitrogens is 4. The molecule has 25 heavy (non-hydrogen) atoms. The van der Waals surface area contributed by atoms with E-state index in [0.717, 1.165) is 10.8 Å². The van der Waals surface area contributed by atoms with Crippen LogP contribution in [-0.2, 0) is 4.74 Å². The molecule has 0 saturated heterocycles. The molecule has 0 bridgehead atoms. The highest BCUT2D eigenvalue weighted by Crippen LogP contribution is 2.28. The number of hydrogen-bond donors (Lipinski definition) is 1. The van der Waals surface area contributed by atoms with Crippen LogP contribution in [0.2, 0.25) is 0 Å². The normalized spacial score (nSPS) is 14.1. The first-order chi connectivity index (χ1) is 11.7. The first kappa shape index (κ1) is 19.5. The van der Waals surface area contributed by atoms with Crippen LogP contribution in [0.1, 0.15) is 52.9 Å². The molecule has 0 aliphatic carbocycles. The van der Waals surface area contributed by atoms with Crippen LogP contribution in [0.25, 0.3) is 4.96 Å². The lowest BCUT2D eigenvalue weighted by atomic mass is 9.99. The van der Waals surface area contributed by atoms with Gasteiger partial charge in [-0.2, -0.15) is 9.78 Å². The number of fused-ring (bicyclic) bond motifs is 1. The summed E-state index contributed by atoms with van der Waals surface area (Å²) in [5.74, 6) is 1.01. The van der Waals surface area contributed by atoms with Crippen molar-refractivity contribution in [3.8, 4) is 6.07 Å². The summed E-state index contributed by atoms with van der Waals surface area (Å²) in [6, 6.07) is 1.71. The van der Waals surface area contributed by atoms with Crippen LogP contribution < -0.4 is 5.32 Å². The molecule has 2 aromatic heterocycles. The molecular weight excluding hydrogens is 360 g/mol. The zero-order valence-electron chi connectivity index (χ0n) is 14.9. The molecule has 0 aliphatic rings. The van der Waals surface area contributed by atoms with Crippen molar-refractivity contribution in [1.29, 1.82) is 5.26 Å². The van der Waals surface area contributed by atoms with Crippen LogP contribution >= 0.6 is 23.1 Å². The summed E-state index contributed by atoms with van der Waals surface area (Å²) in [5.41, 5.74) is -0.577. The van der Waals surface area contributed by atoms with Gasteiger partial charge in [0.25, 0.3) is 0 Å². The number of thioether (sulfide) groups is 1. The van der Waals surface area contributed by atoms with Crippen LogP contribution in [-0.4, -0.2) is 37.3 Å². The summed E-state index contributed by atoms with van der Waals surface area (Å²) in [6.07, 6.45) is 0.346. The van der Waals surface area contributed by atoms with E-state index in [4.69, 9.17) is 10.00 Å². The second-order valence-electron chi connectivity index (χ2n) is 6.58. The summed E-state index contributed by atoms with van der Waals surface area (Å²) >= 11 is 2.72. The number of nitrogens with one attached hydrogen (secondary N) is 1. The van der Waals surface area contributed by atoms with E-state index in [1.807, 2.05) is 34.6 Å². The molecular formula is C15H22N6O2S2. The number of rotatable bonds is 6. The Hall–Kier alpha value is -1.86. The van der Waals surface area contributed by atoms with Crippen LogP contribution in [0, 0.1) is 17.2 Å². The van der Waals surface area contributed by atoms with E-state index < -0.39 is 11.7 Å². The molecule has 1 amide bonds. The van der Waals surface area contributed by atoms with Gasteiger partial charge in [-0.1, -0.05) is 43.4 Å². The second-order valence-corrected chi connectivity index (χ2v) is 8.76. The number of carbonyl (C=O) groups is 1. The maximum absolute atomic E-state index is 12.2. The lowest BCUT2D eigenvalue weighted by Gasteiger charge is -2.25. The Morgan fingerprint density at radius 1 is 1.48 bits per heavy atom. The van der Waals surface area contributed by atoms with Gasteiger partial charge in [0.05, 0.1) is 17.9 Å². The molecule has 0 aliphatic heterocycles. The van der Waals surface area contributed by atoms with E-state index in [9.17, 15) is 4.79 Å². The van der Waals surface area contributed by atoms with E-state index in [1.54, 1.807) is 4.52 Å². The van der Waals surface area contributed by atoms with Crippen molar-refractivity contribution in [2.24, 2.45) is 5.92 Å². The first-order valence-corrected chi connectivity index (χ1v) is 9.76. The minimum absolute atomic E-state index is 0.122. The van der Waals surface area contributed by atoms with Gasteiger partial charge in [-0.3, -0.25) is 0 Å². The molecule has 2 heterocycles. The van der Waals surface area contributed by atoms with Gasteiger partial charge in [0, 0.05) is 0 Å². The molecule has 0 fully saturated rings. The Morgan fingerprint density at radius 2 is 2.20 bits per heavy atom. The van der Waals surface area contributed by atoms with Crippen molar-refractivity contribution < 1.29 is 9.53 Å². The summed E-state index contributed by atoms with van der Waals surface area (Å²) < 4.78 is 7.75. The van der Waals surface area contributed by atoms with Gasteiger partial charge in [0.1, 0.15) is 5.60 Å². The quantitative estimate of drug-likeness (QED) is 0.763. The number of hydrogen-bond acceptors (Lipinski definition) is 8. The molecule has 2 rings (SSSR count). The zero-order valence-corrected chi connectivity index (χ0v) is 16.6. The lowest BCUT2D eigenvalue weighted by molar-refractivity contribution is 0.0482. The Balaban J connectivity index is 2.28. The molecule has 2 atom stereocenters. The molecule has 0 aromatic carbocycles. The van der Waals surface area contributed by atoms with Gasteiger partial charge in [-0.05, 0) is 26.7 Å². The molecule has 0 saturated carbocycles. The minimum Gasteiger partial charge on any atom is -0.444 e. The molecule has 0 radical (unpaired) electrons. The van der Waals surface area contributed by atoms with Crippen molar-refractivity contribution in [2.45, 2.75) is 57.0 Å². The first-order valence-electron chi connectivity index (χ1n) is 7.96. The molecule has 10 heteroatoms. The number of ether oxygens (including phenoxy) is 1. The fourth-order valence-corrected chi connectivity index (χ4v) is 3.64. The maximum atomic E-state index is 12.2. The highest BCUT2D eigenvalue weighted by Gasteiger charge is 2.29. The number of carbonyl (C=O) groups excluding carboxylic acids is 1. The van der Waals surface area contributed by atoms with Gasteiger partial charge < -0.3 is 10.1 Å². The van der Waals surface area contributed by atoms with Crippen molar-refractivity contribution >= 4 is 34.2 Å². The van der Waals surface area contributed by atoms with Gasteiger partial charge >= 0.3 is 6.09 Å². The summed E-state index contributed by atoms with van der Waals surface area (Å²) in [6.45, 7) is 9.53. The number of nitrogens with zero attached hydrogens (tertiary/aromatic N) is 5. The summed E-state index contributed by atoms with van der Waals surface area (Å²) in [5, 5.41) is 24.4. The molecule has 136 valence electrons. The largest absolute Gasteiger partial charge is 0.444 e. The zero-order chi connectivity index (χ0) is 18.6. The predicted molar refractivity (Wildman–Crippen MR) is 96.6 cm³/mol. The fraction of sp³-hybridized carbons (Fsp3) is 0.667. The third-order valence-electron chi connectivity index (χ3n) is 3.42. The van der Waals surface area contributed by atoms with Crippen molar-refractivity contribution in [1.82, 2.24) is 25.1 Å². The standard InChI is InChI=1S/C15H22N6O2S2/c1-6-9(2)10(17-13(22)23-15(3,4)5)11-18-19-12-21(11)20-14(25-12)24-8-7-16/h9-10H,6,8H2,1-5H3,(H,17,22). The number of amides is 1. The van der Waals surface area contributed by atoms with Crippen LogP contribution in [0.5, 0.6) is 0 Å².